The molecule has 1 amide bonds. The molecule has 0 spiro atoms. The molecule has 0 aromatic carbocycles. The van der Waals surface area contributed by atoms with Gasteiger partial charge in [-0.05, 0) is 6.92 Å². The zero-order valence-corrected chi connectivity index (χ0v) is 10.8. The van der Waals surface area contributed by atoms with Gasteiger partial charge in [0, 0.05) is 44.7 Å². The van der Waals surface area contributed by atoms with Gasteiger partial charge in [-0.25, -0.2) is 9.50 Å². The Morgan fingerprint density at radius 1 is 1.50 bits per heavy atom. The minimum absolute atomic E-state index is 0.0546. The third-order valence-electron chi connectivity index (χ3n) is 2.59. The summed E-state index contributed by atoms with van der Waals surface area (Å²) < 4.78 is 1.75. The van der Waals surface area contributed by atoms with E-state index in [-0.39, 0.29) is 5.91 Å². The molecular formula is C12H17N5O. The van der Waals surface area contributed by atoms with Crippen LogP contribution in [0.5, 0.6) is 0 Å². The van der Waals surface area contributed by atoms with E-state index in [2.05, 4.69) is 15.4 Å². The highest BCUT2D eigenvalue weighted by Crippen LogP contribution is 2.04. The SMILES string of the molecule is Cc1cc2ncc(CNCC(=O)N(C)C)cn2n1. The maximum atomic E-state index is 11.4. The van der Waals surface area contributed by atoms with Gasteiger partial charge in [-0.1, -0.05) is 0 Å². The van der Waals surface area contributed by atoms with Gasteiger partial charge in [0.2, 0.25) is 5.91 Å². The highest BCUT2D eigenvalue weighted by molar-refractivity contribution is 5.77. The van der Waals surface area contributed by atoms with Crippen molar-refractivity contribution in [2.24, 2.45) is 0 Å². The van der Waals surface area contributed by atoms with E-state index in [1.165, 1.54) is 0 Å². The van der Waals surface area contributed by atoms with E-state index in [0.29, 0.717) is 13.1 Å². The van der Waals surface area contributed by atoms with Gasteiger partial charge in [-0.2, -0.15) is 5.10 Å². The largest absolute Gasteiger partial charge is 0.348 e. The first-order valence-electron chi connectivity index (χ1n) is 5.78. The molecule has 0 aliphatic heterocycles. The second-order valence-corrected chi connectivity index (χ2v) is 4.44. The van der Waals surface area contributed by atoms with Crippen molar-refractivity contribution in [3.05, 3.63) is 29.7 Å². The topological polar surface area (TPSA) is 62.5 Å². The second-order valence-electron chi connectivity index (χ2n) is 4.44. The Bertz CT molecular complexity index is 561. The molecule has 6 nitrogen and oxygen atoms in total. The fourth-order valence-corrected chi connectivity index (χ4v) is 1.60. The van der Waals surface area contributed by atoms with E-state index in [0.717, 1.165) is 16.9 Å². The van der Waals surface area contributed by atoms with Crippen molar-refractivity contribution in [3.8, 4) is 0 Å². The van der Waals surface area contributed by atoms with Gasteiger partial charge in [0.15, 0.2) is 5.65 Å². The summed E-state index contributed by atoms with van der Waals surface area (Å²) in [7, 11) is 3.48. The maximum Gasteiger partial charge on any atom is 0.236 e. The monoisotopic (exact) mass is 247 g/mol. The Morgan fingerprint density at radius 2 is 2.28 bits per heavy atom. The van der Waals surface area contributed by atoms with Gasteiger partial charge in [0.25, 0.3) is 0 Å². The van der Waals surface area contributed by atoms with Gasteiger partial charge in [-0.3, -0.25) is 4.79 Å². The summed E-state index contributed by atoms with van der Waals surface area (Å²) in [5.74, 6) is 0.0546. The number of hydrogen-bond acceptors (Lipinski definition) is 4. The van der Waals surface area contributed by atoms with Crippen LogP contribution in [0.3, 0.4) is 0 Å². The predicted octanol–water partition coefficient (Wildman–Crippen LogP) is 0.216. The fraction of sp³-hybridized carbons (Fsp3) is 0.417. The van der Waals surface area contributed by atoms with Crippen LogP contribution in [-0.4, -0.2) is 46.0 Å². The molecule has 0 saturated heterocycles. The van der Waals surface area contributed by atoms with Crippen LogP contribution in [0, 0.1) is 6.92 Å². The third-order valence-corrected chi connectivity index (χ3v) is 2.59. The number of nitrogens with zero attached hydrogens (tertiary/aromatic N) is 4. The summed E-state index contributed by atoms with van der Waals surface area (Å²) in [5, 5.41) is 7.38. The number of hydrogen-bond donors (Lipinski definition) is 1. The maximum absolute atomic E-state index is 11.4. The van der Waals surface area contributed by atoms with Gasteiger partial charge >= 0.3 is 0 Å². The Labute approximate surface area is 106 Å². The summed E-state index contributed by atoms with van der Waals surface area (Å²) >= 11 is 0. The van der Waals surface area contributed by atoms with Crippen molar-refractivity contribution in [2.75, 3.05) is 20.6 Å². The fourth-order valence-electron chi connectivity index (χ4n) is 1.60. The lowest BCUT2D eigenvalue weighted by molar-refractivity contribution is -0.127. The van der Waals surface area contributed by atoms with Crippen molar-refractivity contribution in [1.29, 1.82) is 0 Å². The van der Waals surface area contributed by atoms with Crippen LogP contribution in [0.4, 0.5) is 0 Å². The molecule has 18 heavy (non-hydrogen) atoms. The first-order chi connectivity index (χ1) is 8.56. The molecule has 1 N–H and O–H groups in total. The smallest absolute Gasteiger partial charge is 0.236 e. The van der Waals surface area contributed by atoms with Gasteiger partial charge < -0.3 is 10.2 Å². The Morgan fingerprint density at radius 3 is 3.00 bits per heavy atom. The summed E-state index contributed by atoms with van der Waals surface area (Å²) in [4.78, 5) is 17.2. The molecule has 0 atom stereocenters. The van der Waals surface area contributed by atoms with Crippen LogP contribution in [0.1, 0.15) is 11.3 Å². The Kier molecular flexibility index (Phi) is 3.57. The number of nitrogens with one attached hydrogen (secondary N) is 1. The van der Waals surface area contributed by atoms with Crippen molar-refractivity contribution >= 4 is 11.6 Å². The molecule has 0 bridgehead atoms. The summed E-state index contributed by atoms with van der Waals surface area (Å²) in [6, 6.07) is 1.92. The number of fused-ring (bicyclic) bond motifs is 1. The van der Waals surface area contributed by atoms with Crippen LogP contribution in [-0.2, 0) is 11.3 Å². The summed E-state index contributed by atoms with van der Waals surface area (Å²) in [6.07, 6.45) is 3.71. The number of aromatic nitrogens is 3. The van der Waals surface area contributed by atoms with Crippen molar-refractivity contribution in [3.63, 3.8) is 0 Å². The minimum atomic E-state index is 0.0546. The van der Waals surface area contributed by atoms with Gasteiger partial charge in [0.05, 0.1) is 12.2 Å². The molecule has 0 fully saturated rings. The molecule has 2 rings (SSSR count). The molecule has 2 heterocycles. The van der Waals surface area contributed by atoms with E-state index in [4.69, 9.17) is 0 Å². The molecule has 0 aliphatic rings. The van der Waals surface area contributed by atoms with E-state index in [1.54, 1.807) is 29.7 Å². The highest BCUT2D eigenvalue weighted by Gasteiger charge is 2.04. The number of likely N-dealkylation sites (N-methyl/N-ethyl adjacent to an activating group) is 1. The summed E-state index contributed by atoms with van der Waals surface area (Å²) in [5.41, 5.74) is 2.77. The highest BCUT2D eigenvalue weighted by atomic mass is 16.2. The molecule has 0 aliphatic carbocycles. The second kappa shape index (κ2) is 5.14. The quantitative estimate of drug-likeness (QED) is 0.839. The number of amides is 1. The average molecular weight is 247 g/mol. The van der Waals surface area contributed by atoms with E-state index >= 15 is 0 Å². The molecular weight excluding hydrogens is 230 g/mol. The number of carbonyl (C=O) groups excluding carboxylic acids is 1. The lowest BCUT2D eigenvalue weighted by Gasteiger charge is -2.10. The third kappa shape index (κ3) is 2.84. The molecule has 96 valence electrons. The zero-order chi connectivity index (χ0) is 13.1. The van der Waals surface area contributed by atoms with Crippen molar-refractivity contribution in [1.82, 2.24) is 24.8 Å². The lowest BCUT2D eigenvalue weighted by Crippen LogP contribution is -2.32. The van der Waals surface area contributed by atoms with Crippen LogP contribution in [0.25, 0.3) is 5.65 Å². The Hall–Kier alpha value is -1.95. The lowest BCUT2D eigenvalue weighted by atomic mass is 10.3. The van der Waals surface area contributed by atoms with E-state index < -0.39 is 0 Å². The molecule has 0 radical (unpaired) electrons. The minimum Gasteiger partial charge on any atom is -0.348 e. The zero-order valence-electron chi connectivity index (χ0n) is 10.8. The van der Waals surface area contributed by atoms with Gasteiger partial charge in [0.1, 0.15) is 0 Å². The Balaban J connectivity index is 1.97. The standard InChI is InChI=1S/C12H17N5O/c1-9-4-11-14-6-10(8-17(11)15-9)5-13-7-12(18)16(2)3/h4,6,8,13H,5,7H2,1-3H3. The van der Waals surface area contributed by atoms with Crippen molar-refractivity contribution in [2.45, 2.75) is 13.5 Å². The normalized spacial score (nSPS) is 10.8. The molecule has 6 heteroatoms. The number of rotatable bonds is 4. The molecule has 2 aromatic heterocycles. The van der Waals surface area contributed by atoms with Crippen LogP contribution in [0.15, 0.2) is 18.5 Å². The number of carbonyl (C=O) groups is 1. The predicted molar refractivity (Wildman–Crippen MR) is 68.1 cm³/mol. The van der Waals surface area contributed by atoms with Crippen LogP contribution >= 0.6 is 0 Å². The average Bonchev–Trinajstić information content (AvgIpc) is 2.68. The number of aryl methyl sites for hydroxylation is 1. The van der Waals surface area contributed by atoms with E-state index in [1.807, 2.05) is 19.2 Å². The van der Waals surface area contributed by atoms with Crippen LogP contribution < -0.4 is 5.32 Å². The molecule has 2 aromatic rings. The van der Waals surface area contributed by atoms with Crippen LogP contribution in [0.2, 0.25) is 0 Å². The first-order valence-corrected chi connectivity index (χ1v) is 5.78. The van der Waals surface area contributed by atoms with Crippen molar-refractivity contribution < 1.29 is 4.79 Å². The molecule has 0 unspecified atom stereocenters. The van der Waals surface area contributed by atoms with Gasteiger partial charge in [-0.15, -0.1) is 0 Å². The first kappa shape index (κ1) is 12.5. The summed E-state index contributed by atoms with van der Waals surface area (Å²) in [6.45, 7) is 2.85. The van der Waals surface area contributed by atoms with E-state index in [9.17, 15) is 4.79 Å². The molecule has 0 saturated carbocycles.